The van der Waals surface area contributed by atoms with Crippen molar-refractivity contribution < 1.29 is 19.4 Å². The molecule has 1 heterocycles. The number of nitrogens with zero attached hydrogens (tertiary/aromatic N) is 1. The number of hydrogen-bond donors (Lipinski definition) is 2. The third-order valence-corrected chi connectivity index (χ3v) is 3.24. The smallest absolute Gasteiger partial charge is 0.253 e. The first-order valence-corrected chi connectivity index (χ1v) is 6.55. The van der Waals surface area contributed by atoms with Gasteiger partial charge < -0.3 is 24.8 Å². The van der Waals surface area contributed by atoms with Crippen LogP contribution in [0.3, 0.4) is 0 Å². The number of amides is 1. The van der Waals surface area contributed by atoms with Crippen LogP contribution in [0.2, 0.25) is 0 Å². The second-order valence-corrected chi connectivity index (χ2v) is 4.76. The number of carbonyl (C=O) groups is 1. The van der Waals surface area contributed by atoms with Crippen molar-refractivity contribution in [1.82, 2.24) is 10.2 Å². The van der Waals surface area contributed by atoms with Crippen molar-refractivity contribution in [2.75, 3.05) is 33.9 Å². The van der Waals surface area contributed by atoms with E-state index in [0.717, 1.165) is 12.1 Å². The number of aromatic hydroxyl groups is 1. The first kappa shape index (κ1) is 14.6. The van der Waals surface area contributed by atoms with E-state index >= 15 is 0 Å². The second kappa shape index (κ2) is 6.58. The van der Waals surface area contributed by atoms with Gasteiger partial charge in [0.05, 0.1) is 13.7 Å². The molecule has 0 radical (unpaired) electrons. The molecule has 6 heteroatoms. The SMILES string of the molecule is COc1ccc(CN(C)C(=O)C2CNCCO2)cc1O. The molecule has 1 atom stereocenters. The van der Waals surface area contributed by atoms with Crippen LogP contribution in [0.15, 0.2) is 18.2 Å². The lowest BCUT2D eigenvalue weighted by atomic mass is 10.1. The third kappa shape index (κ3) is 3.40. The number of methoxy groups -OCH3 is 1. The lowest BCUT2D eigenvalue weighted by molar-refractivity contribution is -0.144. The molecule has 0 spiro atoms. The monoisotopic (exact) mass is 280 g/mol. The maximum absolute atomic E-state index is 12.2. The molecule has 1 unspecified atom stereocenters. The van der Waals surface area contributed by atoms with Crippen molar-refractivity contribution in [3.05, 3.63) is 23.8 Å². The third-order valence-electron chi connectivity index (χ3n) is 3.24. The van der Waals surface area contributed by atoms with E-state index in [4.69, 9.17) is 9.47 Å². The molecule has 0 bridgehead atoms. The van der Waals surface area contributed by atoms with Crippen LogP contribution in [0.25, 0.3) is 0 Å². The predicted octanol–water partition coefficient (Wildman–Crippen LogP) is 0.348. The van der Waals surface area contributed by atoms with Crippen LogP contribution in [0.5, 0.6) is 11.5 Å². The molecule has 0 saturated carbocycles. The molecule has 1 aliphatic rings. The second-order valence-electron chi connectivity index (χ2n) is 4.76. The Labute approximate surface area is 118 Å². The Morgan fingerprint density at radius 1 is 1.60 bits per heavy atom. The number of benzene rings is 1. The van der Waals surface area contributed by atoms with Gasteiger partial charge in [-0.15, -0.1) is 0 Å². The van der Waals surface area contributed by atoms with Crippen molar-refractivity contribution in [3.8, 4) is 11.5 Å². The molecule has 110 valence electrons. The summed E-state index contributed by atoms with van der Waals surface area (Å²) in [5.74, 6) is 0.427. The minimum absolute atomic E-state index is 0.0625. The summed E-state index contributed by atoms with van der Waals surface area (Å²) in [5, 5.41) is 12.9. The fourth-order valence-electron chi connectivity index (χ4n) is 2.16. The summed E-state index contributed by atoms with van der Waals surface area (Å²) in [6, 6.07) is 5.10. The normalized spacial score (nSPS) is 18.6. The molecule has 0 aromatic heterocycles. The van der Waals surface area contributed by atoms with Gasteiger partial charge in [-0.05, 0) is 17.7 Å². The van der Waals surface area contributed by atoms with Gasteiger partial charge in [-0.25, -0.2) is 0 Å². The minimum atomic E-state index is -0.430. The summed E-state index contributed by atoms with van der Waals surface area (Å²) in [7, 11) is 3.22. The molecular weight excluding hydrogens is 260 g/mol. The lowest BCUT2D eigenvalue weighted by Gasteiger charge is -2.27. The van der Waals surface area contributed by atoms with Crippen LogP contribution < -0.4 is 10.1 Å². The number of hydrogen-bond acceptors (Lipinski definition) is 5. The summed E-state index contributed by atoms with van der Waals surface area (Å²) >= 11 is 0. The first-order valence-electron chi connectivity index (χ1n) is 6.55. The fraction of sp³-hybridized carbons (Fsp3) is 0.500. The molecule has 1 saturated heterocycles. The van der Waals surface area contributed by atoms with Crippen molar-refractivity contribution in [2.45, 2.75) is 12.6 Å². The number of phenols is 1. The zero-order valence-corrected chi connectivity index (χ0v) is 11.8. The van der Waals surface area contributed by atoms with Gasteiger partial charge in [0.15, 0.2) is 11.5 Å². The van der Waals surface area contributed by atoms with Gasteiger partial charge in [0.1, 0.15) is 6.10 Å². The van der Waals surface area contributed by atoms with E-state index in [-0.39, 0.29) is 11.7 Å². The Kier molecular flexibility index (Phi) is 4.81. The highest BCUT2D eigenvalue weighted by atomic mass is 16.5. The summed E-state index contributed by atoms with van der Waals surface area (Å²) < 4.78 is 10.4. The number of rotatable bonds is 4. The number of morpholine rings is 1. The molecule has 1 fully saturated rings. The maximum atomic E-state index is 12.2. The number of phenolic OH excluding ortho intramolecular Hbond substituents is 1. The fourth-order valence-corrected chi connectivity index (χ4v) is 2.16. The van der Waals surface area contributed by atoms with E-state index < -0.39 is 6.10 Å². The molecule has 2 N–H and O–H groups in total. The maximum Gasteiger partial charge on any atom is 0.253 e. The van der Waals surface area contributed by atoms with E-state index in [1.807, 2.05) is 6.07 Å². The zero-order chi connectivity index (χ0) is 14.5. The topological polar surface area (TPSA) is 71.0 Å². The number of ether oxygens (including phenoxy) is 2. The van der Waals surface area contributed by atoms with Crippen LogP contribution in [0, 0.1) is 0 Å². The van der Waals surface area contributed by atoms with E-state index in [2.05, 4.69) is 5.32 Å². The van der Waals surface area contributed by atoms with Crippen LogP contribution in [0.4, 0.5) is 0 Å². The van der Waals surface area contributed by atoms with Crippen LogP contribution >= 0.6 is 0 Å². The van der Waals surface area contributed by atoms with Crippen LogP contribution in [-0.2, 0) is 16.1 Å². The summed E-state index contributed by atoms with van der Waals surface area (Å²) in [6.45, 7) is 2.28. The molecule has 1 aliphatic heterocycles. The van der Waals surface area contributed by atoms with Gasteiger partial charge in [0.25, 0.3) is 5.91 Å². The van der Waals surface area contributed by atoms with Gasteiger partial charge >= 0.3 is 0 Å². The summed E-state index contributed by atoms with van der Waals surface area (Å²) in [4.78, 5) is 13.8. The highest BCUT2D eigenvalue weighted by Crippen LogP contribution is 2.26. The zero-order valence-electron chi connectivity index (χ0n) is 11.8. The Bertz CT molecular complexity index is 472. The molecule has 6 nitrogen and oxygen atoms in total. The van der Waals surface area contributed by atoms with Crippen molar-refractivity contribution >= 4 is 5.91 Å². The molecule has 1 aromatic carbocycles. The Morgan fingerprint density at radius 3 is 3.00 bits per heavy atom. The molecular formula is C14H20N2O4. The highest BCUT2D eigenvalue weighted by Gasteiger charge is 2.24. The number of likely N-dealkylation sites (N-methyl/N-ethyl adjacent to an activating group) is 1. The van der Waals surface area contributed by atoms with E-state index in [9.17, 15) is 9.90 Å². The van der Waals surface area contributed by atoms with Crippen molar-refractivity contribution in [1.29, 1.82) is 0 Å². The van der Waals surface area contributed by atoms with Gasteiger partial charge in [0, 0.05) is 26.7 Å². The number of nitrogens with one attached hydrogen (secondary N) is 1. The molecule has 2 rings (SSSR count). The predicted molar refractivity (Wildman–Crippen MR) is 73.7 cm³/mol. The van der Waals surface area contributed by atoms with E-state index in [1.54, 1.807) is 24.1 Å². The summed E-state index contributed by atoms with van der Waals surface area (Å²) in [5.41, 5.74) is 0.836. The quantitative estimate of drug-likeness (QED) is 0.832. The van der Waals surface area contributed by atoms with Crippen molar-refractivity contribution in [3.63, 3.8) is 0 Å². The van der Waals surface area contributed by atoms with Crippen molar-refractivity contribution in [2.24, 2.45) is 0 Å². The van der Waals surface area contributed by atoms with Gasteiger partial charge in [-0.1, -0.05) is 6.07 Å². The highest BCUT2D eigenvalue weighted by molar-refractivity contribution is 5.81. The lowest BCUT2D eigenvalue weighted by Crippen LogP contribution is -2.48. The van der Waals surface area contributed by atoms with E-state index in [0.29, 0.717) is 25.4 Å². The van der Waals surface area contributed by atoms with E-state index in [1.165, 1.54) is 7.11 Å². The van der Waals surface area contributed by atoms with Crippen LogP contribution in [0.1, 0.15) is 5.56 Å². The minimum Gasteiger partial charge on any atom is -0.504 e. The average Bonchev–Trinajstić information content (AvgIpc) is 2.47. The largest absolute Gasteiger partial charge is 0.504 e. The number of carbonyl (C=O) groups excluding carboxylic acids is 1. The Balaban J connectivity index is 1.98. The molecule has 1 amide bonds. The van der Waals surface area contributed by atoms with Gasteiger partial charge in [-0.3, -0.25) is 4.79 Å². The van der Waals surface area contributed by atoms with Crippen LogP contribution in [-0.4, -0.2) is 55.9 Å². The Hall–Kier alpha value is -1.79. The standard InChI is InChI=1S/C14H20N2O4/c1-16(14(18)13-8-15-5-6-20-13)9-10-3-4-12(19-2)11(17)7-10/h3-4,7,13,15,17H,5-6,8-9H2,1-2H3. The van der Waals surface area contributed by atoms with Gasteiger partial charge in [-0.2, -0.15) is 0 Å². The average molecular weight is 280 g/mol. The molecule has 20 heavy (non-hydrogen) atoms. The first-order chi connectivity index (χ1) is 9.61. The van der Waals surface area contributed by atoms with Gasteiger partial charge in [0.2, 0.25) is 0 Å². The molecule has 1 aromatic rings. The Morgan fingerprint density at radius 2 is 2.40 bits per heavy atom. The summed E-state index contributed by atoms with van der Waals surface area (Å²) in [6.07, 6.45) is -0.430. The molecule has 0 aliphatic carbocycles.